The van der Waals surface area contributed by atoms with Crippen LogP contribution in [0.25, 0.3) is 0 Å². The average molecular weight is 1900 g/mol. The van der Waals surface area contributed by atoms with E-state index >= 15 is 0 Å². The van der Waals surface area contributed by atoms with Crippen LogP contribution in [0.1, 0.15) is 272 Å². The van der Waals surface area contributed by atoms with Crippen LogP contribution in [0.2, 0.25) is 11.5 Å². The minimum absolute atomic E-state index is 0. The van der Waals surface area contributed by atoms with Gasteiger partial charge in [-0.05, 0) is 284 Å². The molecule has 0 atom stereocenters. The fourth-order valence-corrected chi connectivity index (χ4v) is 13.2. The summed E-state index contributed by atoms with van der Waals surface area (Å²) in [5, 5.41) is 0.519. The first-order valence-electron chi connectivity index (χ1n) is 43.7. The summed E-state index contributed by atoms with van der Waals surface area (Å²) in [7, 11) is -1.09. The number of pyridine rings is 4. The van der Waals surface area contributed by atoms with E-state index in [4.69, 9.17) is 99.8 Å². The van der Waals surface area contributed by atoms with Crippen molar-refractivity contribution >= 4 is 142 Å². The van der Waals surface area contributed by atoms with E-state index in [-0.39, 0.29) is 130 Å². The van der Waals surface area contributed by atoms with Gasteiger partial charge in [-0.3, -0.25) is 9.97 Å². The summed E-state index contributed by atoms with van der Waals surface area (Å²) in [5.41, 5.74) is 2.97. The molecule has 8 aliphatic rings. The molecule has 4 aromatic heterocycles. The van der Waals surface area contributed by atoms with Crippen molar-refractivity contribution in [2.24, 2.45) is 5.41 Å². The Hall–Kier alpha value is -3.70. The lowest BCUT2D eigenvalue weighted by Crippen LogP contribution is -2.50. The van der Waals surface area contributed by atoms with Gasteiger partial charge in [0.1, 0.15) is 21.4 Å². The summed E-state index contributed by atoms with van der Waals surface area (Å²) in [4.78, 5) is 16.5. The van der Waals surface area contributed by atoms with Crippen molar-refractivity contribution in [3.8, 4) is 0 Å². The standard InChI is InChI=1S/C14H27BO2.C13H25BO2.C12H17BClNO2.2C11H15BBrNO2.C11H13BF2O2.C11H16BNO2.C4H11B3O5.CH4/c1-7-9-11-12(10-8-2)15-16-13(3,4)14(5,6)17-15;1-6-7-8-9-10-11-14-15-12(2,3)13(4,5)16-14;1-8-6-9(7-15-10(8)14)13-16-11(2,3)12(4,5)17-13;1-10(2)11(3,4)16-12(15-10)8-5-9(13)7-14-6-8;1-10(2)11(3,4)16-12(15-10)8-6-5-7-14-9(8)13;1-11(2)6-15-12(16-7-11)8-3-9(13)5-10(14)4-8;1-10(2)11(3,4)15-12(14-10)9-6-5-7-13-8-9;1-4-5-10-6(8-2)12-7(9-3)11-5;/h11H,7-10H2,1-6H3;10-11H,6-9H2,1-5H3;6-7H,1-5H3;2*5-7H,1-4H3;3-5H,6-7H2,1-2H3;5-8H,1-4H3;4H2,1-3H3;1H4/b12-11+;11-10+;;;;;;;. The van der Waals surface area contributed by atoms with Gasteiger partial charge in [-0.25, -0.2) is 18.7 Å². The molecule has 0 bridgehead atoms. The molecule has 0 N–H and O–H groups in total. The zero-order valence-electron chi connectivity index (χ0n) is 80.9. The molecule has 23 nitrogen and oxygen atoms in total. The van der Waals surface area contributed by atoms with Gasteiger partial charge in [-0.1, -0.05) is 123 Å². The van der Waals surface area contributed by atoms with Crippen molar-refractivity contribution in [1.29, 1.82) is 0 Å². The van der Waals surface area contributed by atoms with Gasteiger partial charge in [0.2, 0.25) is 0 Å². The van der Waals surface area contributed by atoms with E-state index in [1.54, 1.807) is 37.2 Å². The van der Waals surface area contributed by atoms with Crippen LogP contribution < -0.4 is 27.3 Å². The molecular formula is C88H143B10Br2ClF2N4O19. The molecule has 126 heavy (non-hydrogen) atoms. The summed E-state index contributed by atoms with van der Waals surface area (Å²) in [6, 6.07) is 14.9. The van der Waals surface area contributed by atoms with Crippen LogP contribution in [0, 0.1) is 24.0 Å². The molecule has 8 saturated heterocycles. The van der Waals surface area contributed by atoms with Crippen LogP contribution >= 0.6 is 43.5 Å². The van der Waals surface area contributed by atoms with Crippen molar-refractivity contribution in [3.63, 3.8) is 0 Å². The lowest BCUT2D eigenvalue weighted by atomic mass is 9.75. The van der Waals surface area contributed by atoms with Crippen LogP contribution in [0.15, 0.2) is 124 Å². The summed E-state index contributed by atoms with van der Waals surface area (Å²) in [5.74, 6) is 0.811. The molecule has 0 radical (unpaired) electrons. The molecule has 38 heteroatoms. The van der Waals surface area contributed by atoms with E-state index in [0.29, 0.717) is 23.8 Å². The van der Waals surface area contributed by atoms with E-state index in [1.165, 1.54) is 57.5 Å². The van der Waals surface area contributed by atoms with Crippen LogP contribution in [-0.4, -0.2) is 186 Å². The Kier molecular flexibility index (Phi) is 42.5. The molecule has 0 aliphatic carbocycles. The maximum absolute atomic E-state index is 13.0. The van der Waals surface area contributed by atoms with Gasteiger partial charge in [0.05, 0.1) is 67.2 Å². The minimum atomic E-state index is -0.700. The second-order valence-corrected chi connectivity index (χ2v) is 40.9. The zero-order valence-corrected chi connectivity index (χ0v) is 84.8. The highest BCUT2D eigenvalue weighted by molar-refractivity contribution is 9.10. The Morgan fingerprint density at radius 2 is 0.897 bits per heavy atom. The summed E-state index contributed by atoms with van der Waals surface area (Å²) >= 11 is 12.7. The van der Waals surface area contributed by atoms with Gasteiger partial charge in [0.15, 0.2) is 0 Å². The predicted octanol–water partition coefficient (Wildman–Crippen LogP) is 18.1. The number of nitrogens with zero attached hydrogens (tertiary/aromatic N) is 4. The van der Waals surface area contributed by atoms with Crippen molar-refractivity contribution in [3.05, 3.63) is 147 Å². The topological polar surface area (TPSA) is 227 Å². The molecule has 0 unspecified atom stereocenters. The Labute approximate surface area is 780 Å². The molecule has 8 fully saturated rings. The fourth-order valence-electron chi connectivity index (χ4n) is 12.3. The van der Waals surface area contributed by atoms with Crippen LogP contribution in [0.5, 0.6) is 0 Å². The van der Waals surface area contributed by atoms with Gasteiger partial charge >= 0.3 is 71.6 Å². The largest absolute Gasteiger partial charge is 0.613 e. The van der Waals surface area contributed by atoms with Crippen molar-refractivity contribution in [1.82, 2.24) is 19.9 Å². The summed E-state index contributed by atoms with van der Waals surface area (Å²) in [6.07, 6.45) is 25.1. The number of halogens is 5. The van der Waals surface area contributed by atoms with E-state index in [0.717, 1.165) is 74.6 Å². The van der Waals surface area contributed by atoms with E-state index in [1.807, 2.05) is 181 Å². The van der Waals surface area contributed by atoms with Crippen molar-refractivity contribution < 1.29 is 97.0 Å². The maximum atomic E-state index is 13.0. The number of hydrogen-bond acceptors (Lipinski definition) is 23. The van der Waals surface area contributed by atoms with Gasteiger partial charge in [0, 0.05) is 102 Å². The first kappa shape index (κ1) is 113. The molecule has 0 saturated carbocycles. The number of benzene rings is 1. The van der Waals surface area contributed by atoms with Crippen molar-refractivity contribution in [2.75, 3.05) is 27.4 Å². The fraction of sp³-hybridized carbons (Fsp3) is 0.659. The first-order valence-corrected chi connectivity index (χ1v) is 45.7. The highest BCUT2D eigenvalue weighted by Gasteiger charge is 2.57. The third-order valence-electron chi connectivity index (χ3n) is 24.5. The number of aryl methyl sites for hydroxylation is 1. The Morgan fingerprint density at radius 1 is 0.460 bits per heavy atom. The third kappa shape index (κ3) is 31.7. The average Bonchev–Trinajstić information content (AvgIpc) is 1.62. The SMILES string of the molecule is C.CC1(C)COB(c2cc(F)cc(F)c2)OC1.CC1(C)OB(c2cccnc2)OC1(C)C.CC1(C)OB(c2cccnc2Br)OC1(C)C.CC1(C)OB(c2cncc(Br)c2)OC1(C)C.CCB1OB(OC)OB(OC)O1.CCC/C=C(\CCC)B1OC(C)(C)C(C)(C)O1.CCCCC/C=C/B1OC(C)(C)C(C)(C)O1.Cc1cc(B2OC(C)(C)C(C)(C)O2)cnc1Cl. The normalized spacial score (nSPS) is 21.8. The minimum Gasteiger partial charge on any atom is -0.426 e. The van der Waals surface area contributed by atoms with E-state index in [2.05, 4.69) is 140 Å². The van der Waals surface area contributed by atoms with Gasteiger partial charge < -0.3 is 88.2 Å². The number of hydrogen-bond donors (Lipinski definition) is 0. The predicted molar refractivity (Wildman–Crippen MR) is 517 cm³/mol. The monoisotopic (exact) mass is 1900 g/mol. The van der Waals surface area contributed by atoms with Gasteiger partial charge in [-0.15, -0.1) is 0 Å². The third-order valence-corrected chi connectivity index (χ3v) is 26.0. The second-order valence-electron chi connectivity index (χ2n) is 38.9. The zero-order chi connectivity index (χ0) is 94.0. The lowest BCUT2D eigenvalue weighted by Gasteiger charge is -2.33. The summed E-state index contributed by atoms with van der Waals surface area (Å²) < 4.78 is 135. The molecule has 8 aliphatic heterocycles. The first-order chi connectivity index (χ1) is 57.8. The van der Waals surface area contributed by atoms with Gasteiger partial charge in [-0.2, -0.15) is 0 Å². The molecular weight excluding hydrogens is 1760 g/mol. The smallest absolute Gasteiger partial charge is 0.426 e. The van der Waals surface area contributed by atoms with E-state index < -0.39 is 33.4 Å². The molecule has 12 heterocycles. The maximum Gasteiger partial charge on any atom is 0.613 e. The highest BCUT2D eigenvalue weighted by Crippen LogP contribution is 2.43. The van der Waals surface area contributed by atoms with Gasteiger partial charge in [0.25, 0.3) is 0 Å². The highest BCUT2D eigenvalue weighted by atomic mass is 79.9. The molecule has 1 aromatic carbocycles. The second kappa shape index (κ2) is 47.5. The Balaban J connectivity index is 0.000000256. The molecule has 0 amide bonds. The molecule has 0 spiro atoms. The summed E-state index contributed by atoms with van der Waals surface area (Å²) in [6.45, 7) is 64.9. The molecule has 13 rings (SSSR count). The van der Waals surface area contributed by atoms with Crippen molar-refractivity contribution in [2.45, 2.75) is 347 Å². The van der Waals surface area contributed by atoms with Crippen LogP contribution in [-0.2, 0) is 88.2 Å². The number of aromatic nitrogens is 4. The molecule has 694 valence electrons. The number of rotatable bonds is 18. The Bertz CT molecular complexity index is 4090. The van der Waals surface area contributed by atoms with Crippen LogP contribution in [0.4, 0.5) is 8.78 Å². The lowest BCUT2D eigenvalue weighted by molar-refractivity contribution is 0.00578. The molecule has 5 aromatic rings. The quantitative estimate of drug-likeness (QED) is 0.0451. The number of unbranched alkanes of at least 4 members (excludes halogenated alkanes) is 4. The van der Waals surface area contributed by atoms with Crippen LogP contribution in [0.3, 0.4) is 0 Å². The van der Waals surface area contributed by atoms with E-state index in [9.17, 15) is 8.78 Å². The number of allylic oxidation sites excluding steroid dienone is 3. The Morgan fingerprint density at radius 3 is 1.31 bits per heavy atom.